The summed E-state index contributed by atoms with van der Waals surface area (Å²) in [4.78, 5) is 11.8. The molecule has 0 bridgehead atoms. The third-order valence-electron chi connectivity index (χ3n) is 3.17. The molecular formula is C17H17F2NO2. The van der Waals surface area contributed by atoms with Crippen LogP contribution in [0.1, 0.15) is 24.1 Å². The van der Waals surface area contributed by atoms with E-state index in [0.717, 1.165) is 17.7 Å². The van der Waals surface area contributed by atoms with Crippen LogP contribution in [-0.2, 0) is 16.1 Å². The van der Waals surface area contributed by atoms with Crippen molar-refractivity contribution in [3.05, 3.63) is 71.3 Å². The van der Waals surface area contributed by atoms with Gasteiger partial charge in [-0.15, -0.1) is 0 Å². The number of benzene rings is 2. The Morgan fingerprint density at radius 1 is 1.14 bits per heavy atom. The quantitative estimate of drug-likeness (QED) is 0.888. The van der Waals surface area contributed by atoms with Crippen LogP contribution in [0.15, 0.2) is 48.5 Å². The Bertz CT molecular complexity index is 632. The fourth-order valence-electron chi connectivity index (χ4n) is 1.98. The monoisotopic (exact) mass is 305 g/mol. The van der Waals surface area contributed by atoms with Crippen molar-refractivity contribution in [3.63, 3.8) is 0 Å². The van der Waals surface area contributed by atoms with E-state index in [4.69, 9.17) is 4.74 Å². The molecule has 2 aromatic carbocycles. The van der Waals surface area contributed by atoms with E-state index in [1.54, 1.807) is 6.92 Å². The number of carbonyl (C=O) groups is 1. The van der Waals surface area contributed by atoms with Gasteiger partial charge in [0, 0.05) is 0 Å². The maximum absolute atomic E-state index is 13.2. The maximum atomic E-state index is 13.2. The summed E-state index contributed by atoms with van der Waals surface area (Å²) in [6.45, 7) is 1.94. The molecule has 0 spiro atoms. The highest BCUT2D eigenvalue weighted by Crippen LogP contribution is 2.15. The second-order valence-electron chi connectivity index (χ2n) is 4.94. The summed E-state index contributed by atoms with van der Waals surface area (Å²) in [7, 11) is 0. The van der Waals surface area contributed by atoms with Crippen molar-refractivity contribution >= 4 is 5.91 Å². The molecule has 1 N–H and O–H groups in total. The van der Waals surface area contributed by atoms with E-state index in [2.05, 4.69) is 5.32 Å². The molecule has 3 nitrogen and oxygen atoms in total. The summed E-state index contributed by atoms with van der Waals surface area (Å²) >= 11 is 0. The van der Waals surface area contributed by atoms with Gasteiger partial charge in [0.15, 0.2) is 11.6 Å². The average molecular weight is 305 g/mol. The van der Waals surface area contributed by atoms with E-state index >= 15 is 0 Å². The molecule has 0 aliphatic heterocycles. The Kier molecular flexibility index (Phi) is 5.61. The van der Waals surface area contributed by atoms with Crippen LogP contribution in [0, 0.1) is 11.6 Å². The minimum Gasteiger partial charge on any atom is -0.367 e. The molecule has 22 heavy (non-hydrogen) atoms. The van der Waals surface area contributed by atoms with Crippen molar-refractivity contribution in [3.8, 4) is 0 Å². The second kappa shape index (κ2) is 7.66. The van der Waals surface area contributed by atoms with Crippen LogP contribution in [0.3, 0.4) is 0 Å². The largest absolute Gasteiger partial charge is 0.367 e. The van der Waals surface area contributed by atoms with Gasteiger partial charge in [0.1, 0.15) is 6.61 Å². The zero-order valence-electron chi connectivity index (χ0n) is 12.2. The number of nitrogens with one attached hydrogen (secondary N) is 1. The van der Waals surface area contributed by atoms with Gasteiger partial charge in [0.2, 0.25) is 5.91 Å². The molecule has 0 fully saturated rings. The van der Waals surface area contributed by atoms with Crippen LogP contribution in [0.2, 0.25) is 0 Å². The lowest BCUT2D eigenvalue weighted by Gasteiger charge is -2.14. The molecule has 5 heteroatoms. The molecule has 2 aromatic rings. The van der Waals surface area contributed by atoms with Crippen molar-refractivity contribution < 1.29 is 18.3 Å². The van der Waals surface area contributed by atoms with Gasteiger partial charge in [0.05, 0.1) is 12.6 Å². The number of ether oxygens (including phenoxy) is 1. The SMILES string of the molecule is CC(NC(=O)COCc1ccccc1)c1ccc(F)c(F)c1. The van der Waals surface area contributed by atoms with E-state index in [1.807, 2.05) is 30.3 Å². The van der Waals surface area contributed by atoms with Gasteiger partial charge in [0.25, 0.3) is 0 Å². The van der Waals surface area contributed by atoms with Crippen molar-refractivity contribution in [2.75, 3.05) is 6.61 Å². The predicted octanol–water partition coefficient (Wildman–Crippen LogP) is 3.36. The molecule has 116 valence electrons. The third kappa shape index (κ3) is 4.63. The normalized spacial score (nSPS) is 12.0. The molecule has 0 saturated carbocycles. The van der Waals surface area contributed by atoms with Crippen molar-refractivity contribution in [2.45, 2.75) is 19.6 Å². The van der Waals surface area contributed by atoms with E-state index in [0.29, 0.717) is 12.2 Å². The Labute approximate surface area is 127 Å². The van der Waals surface area contributed by atoms with Gasteiger partial charge in [-0.05, 0) is 30.2 Å². The van der Waals surface area contributed by atoms with Gasteiger partial charge < -0.3 is 10.1 Å². The van der Waals surface area contributed by atoms with Gasteiger partial charge in [-0.1, -0.05) is 36.4 Å². The molecular weight excluding hydrogens is 288 g/mol. The molecule has 0 aliphatic carbocycles. The molecule has 1 atom stereocenters. The molecule has 0 aliphatic rings. The smallest absolute Gasteiger partial charge is 0.246 e. The Balaban J connectivity index is 1.80. The van der Waals surface area contributed by atoms with Crippen molar-refractivity contribution in [1.29, 1.82) is 0 Å². The van der Waals surface area contributed by atoms with Gasteiger partial charge in [-0.2, -0.15) is 0 Å². The standard InChI is InChI=1S/C17H17F2NO2/c1-12(14-7-8-15(18)16(19)9-14)20-17(21)11-22-10-13-5-3-2-4-6-13/h2-9,12H,10-11H2,1H3,(H,20,21). The molecule has 0 heterocycles. The number of amides is 1. The highest BCUT2D eigenvalue weighted by Gasteiger charge is 2.12. The molecule has 0 saturated heterocycles. The highest BCUT2D eigenvalue weighted by molar-refractivity contribution is 5.77. The van der Waals surface area contributed by atoms with Crippen LogP contribution >= 0.6 is 0 Å². The zero-order chi connectivity index (χ0) is 15.9. The lowest BCUT2D eigenvalue weighted by molar-refractivity contribution is -0.126. The van der Waals surface area contributed by atoms with Gasteiger partial charge >= 0.3 is 0 Å². The lowest BCUT2D eigenvalue weighted by Crippen LogP contribution is -2.30. The molecule has 0 aromatic heterocycles. The Morgan fingerprint density at radius 2 is 1.86 bits per heavy atom. The van der Waals surface area contributed by atoms with E-state index in [1.165, 1.54) is 6.07 Å². The highest BCUT2D eigenvalue weighted by atomic mass is 19.2. The molecule has 2 rings (SSSR count). The summed E-state index contributed by atoms with van der Waals surface area (Å²) in [5.41, 5.74) is 1.47. The summed E-state index contributed by atoms with van der Waals surface area (Å²) in [5.74, 6) is -2.15. The number of halogens is 2. The first-order valence-corrected chi connectivity index (χ1v) is 6.92. The van der Waals surface area contributed by atoms with Crippen molar-refractivity contribution in [1.82, 2.24) is 5.32 Å². The fraction of sp³-hybridized carbons (Fsp3) is 0.235. The second-order valence-corrected chi connectivity index (χ2v) is 4.94. The summed E-state index contributed by atoms with van der Waals surface area (Å²) in [6.07, 6.45) is 0. The number of carbonyl (C=O) groups excluding carboxylic acids is 1. The van der Waals surface area contributed by atoms with Crippen LogP contribution in [-0.4, -0.2) is 12.5 Å². The first-order valence-electron chi connectivity index (χ1n) is 6.92. The van der Waals surface area contributed by atoms with E-state index in [9.17, 15) is 13.6 Å². The molecule has 0 radical (unpaired) electrons. The number of hydrogen-bond acceptors (Lipinski definition) is 2. The van der Waals surface area contributed by atoms with Crippen LogP contribution < -0.4 is 5.32 Å². The van der Waals surface area contributed by atoms with Gasteiger partial charge in [-0.3, -0.25) is 4.79 Å². The zero-order valence-corrected chi connectivity index (χ0v) is 12.2. The predicted molar refractivity (Wildman–Crippen MR) is 79.0 cm³/mol. The summed E-state index contributed by atoms with van der Waals surface area (Å²) in [6, 6.07) is 12.6. The molecule has 1 unspecified atom stereocenters. The lowest BCUT2D eigenvalue weighted by atomic mass is 10.1. The van der Waals surface area contributed by atoms with Crippen LogP contribution in [0.5, 0.6) is 0 Å². The number of rotatable bonds is 6. The minimum absolute atomic E-state index is 0.0943. The van der Waals surface area contributed by atoms with Crippen LogP contribution in [0.25, 0.3) is 0 Å². The van der Waals surface area contributed by atoms with E-state index < -0.39 is 17.7 Å². The van der Waals surface area contributed by atoms with Crippen molar-refractivity contribution in [2.24, 2.45) is 0 Å². The topological polar surface area (TPSA) is 38.3 Å². The average Bonchev–Trinajstić information content (AvgIpc) is 2.51. The Hall–Kier alpha value is -2.27. The van der Waals surface area contributed by atoms with E-state index in [-0.39, 0.29) is 12.5 Å². The fourth-order valence-corrected chi connectivity index (χ4v) is 1.98. The van der Waals surface area contributed by atoms with Gasteiger partial charge in [-0.25, -0.2) is 8.78 Å². The Morgan fingerprint density at radius 3 is 2.55 bits per heavy atom. The number of hydrogen-bond donors (Lipinski definition) is 1. The third-order valence-corrected chi connectivity index (χ3v) is 3.17. The summed E-state index contributed by atoms with van der Waals surface area (Å²) in [5, 5.41) is 2.68. The summed E-state index contributed by atoms with van der Waals surface area (Å²) < 4.78 is 31.3. The molecule has 1 amide bonds. The first-order chi connectivity index (χ1) is 10.6. The minimum atomic E-state index is -0.932. The van der Waals surface area contributed by atoms with Crippen LogP contribution in [0.4, 0.5) is 8.78 Å². The first kappa shape index (κ1) is 16.1. The maximum Gasteiger partial charge on any atom is 0.246 e.